The first-order valence-corrected chi connectivity index (χ1v) is 10.5. The summed E-state index contributed by atoms with van der Waals surface area (Å²) in [5.74, 6) is -0.717. The molecule has 4 rings (SSSR count). The minimum atomic E-state index is -1.42. The summed E-state index contributed by atoms with van der Waals surface area (Å²) in [6, 6.07) is 26.2. The number of halogens is 1. The Morgan fingerprint density at radius 3 is 2.12 bits per heavy atom. The van der Waals surface area contributed by atoms with Crippen molar-refractivity contribution < 1.29 is 78.1 Å². The first-order chi connectivity index (χ1) is 15.5. The van der Waals surface area contributed by atoms with E-state index in [4.69, 9.17) is 5.32 Å². The van der Waals surface area contributed by atoms with Gasteiger partial charge in [0.1, 0.15) is 5.82 Å². The third kappa shape index (κ3) is 5.20. The van der Waals surface area contributed by atoms with E-state index in [0.717, 1.165) is 5.56 Å². The molecule has 3 aromatic carbocycles. The molecule has 1 amide bonds. The zero-order valence-corrected chi connectivity index (χ0v) is 25.2. The second kappa shape index (κ2) is 11.2. The maximum atomic E-state index is 13.7. The predicted octanol–water partition coefficient (Wildman–Crippen LogP) is 3.05. The van der Waals surface area contributed by atoms with E-state index in [1.54, 1.807) is 12.1 Å². The van der Waals surface area contributed by atoms with E-state index in [1.165, 1.54) is 12.1 Å². The van der Waals surface area contributed by atoms with Crippen LogP contribution in [0.1, 0.15) is 25.0 Å². The van der Waals surface area contributed by atoms with Crippen molar-refractivity contribution in [2.24, 2.45) is 5.92 Å². The number of carbonyl (C=O) groups is 1. The maximum Gasteiger partial charge on any atom is 1.00 e. The fourth-order valence-corrected chi connectivity index (χ4v) is 4.16. The van der Waals surface area contributed by atoms with Crippen LogP contribution in [0.5, 0.6) is 0 Å². The number of anilines is 1. The average molecular weight is 557 g/mol. The Kier molecular flexibility index (Phi) is 8.76. The molecular weight excluding hydrogens is 534 g/mol. The molecule has 0 aliphatic carbocycles. The van der Waals surface area contributed by atoms with Crippen LogP contribution in [-0.2, 0) is 10.3 Å². The van der Waals surface area contributed by atoms with Crippen LogP contribution in [-0.4, -0.2) is 11.9 Å². The normalized spacial score (nSPS) is 19.7. The number of benzene rings is 3. The Bertz CT molecular complexity index is 1190. The van der Waals surface area contributed by atoms with E-state index in [2.05, 4.69) is 11.4 Å². The first-order valence-electron chi connectivity index (χ1n) is 10.5. The second-order valence-electron chi connectivity index (χ2n) is 8.12. The molecule has 1 aliphatic heterocycles. The zero-order chi connectivity index (χ0) is 22.7. The molecule has 0 fully saturated rings. The Morgan fingerprint density at radius 1 is 1.00 bits per heavy atom. The molecule has 0 aromatic heterocycles. The van der Waals surface area contributed by atoms with Crippen molar-refractivity contribution in [1.29, 1.82) is 5.26 Å². The minimum absolute atomic E-state index is 0. The van der Waals surface area contributed by atoms with Crippen molar-refractivity contribution in [3.63, 3.8) is 0 Å². The standard InChI is InChI=1S/C27H23FN3O.Cs/c1-18(2)25-23(26(32)30-22-11-7-4-8-12-22)24(19-9-5-3-6-10-19)27(17-29,31-25)20-13-15-21(28)16-14-20;/h3-16,18,25H,1-2H3,(H,30,32);/q-1;+1. The van der Waals surface area contributed by atoms with E-state index < -0.39 is 17.4 Å². The van der Waals surface area contributed by atoms with E-state index >= 15 is 0 Å². The van der Waals surface area contributed by atoms with Crippen LogP contribution in [0.15, 0.2) is 90.5 Å². The average Bonchev–Trinajstić information content (AvgIpc) is 3.18. The first kappa shape index (κ1) is 25.9. The van der Waals surface area contributed by atoms with Gasteiger partial charge < -0.3 is 10.6 Å². The van der Waals surface area contributed by atoms with Crippen molar-refractivity contribution in [2.75, 3.05) is 5.32 Å². The summed E-state index contributed by atoms with van der Waals surface area (Å²) in [4.78, 5) is 13.6. The molecular formula is C27H23CsFN3O. The minimum Gasteiger partial charge on any atom is -0.630 e. The molecule has 1 heterocycles. The summed E-state index contributed by atoms with van der Waals surface area (Å²) in [5.41, 5.74) is 1.52. The predicted molar refractivity (Wildman–Crippen MR) is 124 cm³/mol. The van der Waals surface area contributed by atoms with Gasteiger partial charge >= 0.3 is 68.9 Å². The summed E-state index contributed by atoms with van der Waals surface area (Å²) < 4.78 is 13.7. The Balaban J connectivity index is 0.00000306. The summed E-state index contributed by atoms with van der Waals surface area (Å²) in [7, 11) is 0. The number of nitrogens with zero attached hydrogens (tertiary/aromatic N) is 2. The van der Waals surface area contributed by atoms with E-state index in [0.29, 0.717) is 22.4 Å². The van der Waals surface area contributed by atoms with Crippen LogP contribution in [0.4, 0.5) is 10.1 Å². The Morgan fingerprint density at radius 2 is 1.58 bits per heavy atom. The van der Waals surface area contributed by atoms with Gasteiger partial charge in [-0.1, -0.05) is 80.4 Å². The molecule has 0 bridgehead atoms. The molecule has 0 spiro atoms. The fraction of sp³-hybridized carbons (Fsp3) is 0.185. The SMILES string of the molecule is CC(C)C1[N-]C(C#N)(c2ccc(F)cc2)C(c2ccccc2)=C1C(=O)Nc1ccccc1.[Cs+]. The van der Waals surface area contributed by atoms with E-state index in [9.17, 15) is 14.4 Å². The molecule has 33 heavy (non-hydrogen) atoms. The molecule has 160 valence electrons. The Hall–Kier alpha value is -1.70. The van der Waals surface area contributed by atoms with Gasteiger partial charge in [0, 0.05) is 16.8 Å². The Labute approximate surface area is 252 Å². The van der Waals surface area contributed by atoms with Gasteiger partial charge in [0.15, 0.2) is 0 Å². The van der Waals surface area contributed by atoms with Crippen molar-refractivity contribution in [1.82, 2.24) is 0 Å². The fourth-order valence-electron chi connectivity index (χ4n) is 4.16. The molecule has 4 nitrogen and oxygen atoms in total. The van der Waals surface area contributed by atoms with Crippen LogP contribution in [0.2, 0.25) is 0 Å². The number of nitrogens with one attached hydrogen (secondary N) is 1. The second-order valence-corrected chi connectivity index (χ2v) is 8.12. The van der Waals surface area contributed by atoms with Gasteiger partial charge in [-0.3, -0.25) is 4.79 Å². The summed E-state index contributed by atoms with van der Waals surface area (Å²) in [6.07, 6.45) is 0. The van der Waals surface area contributed by atoms with Gasteiger partial charge in [0.2, 0.25) is 5.91 Å². The quantitative estimate of drug-likeness (QED) is 0.525. The topological polar surface area (TPSA) is 67.0 Å². The van der Waals surface area contributed by atoms with Crippen LogP contribution in [0.3, 0.4) is 0 Å². The molecule has 2 atom stereocenters. The third-order valence-electron chi connectivity index (χ3n) is 5.65. The van der Waals surface area contributed by atoms with Crippen LogP contribution in [0.25, 0.3) is 10.9 Å². The van der Waals surface area contributed by atoms with Gasteiger partial charge in [0.25, 0.3) is 0 Å². The number of nitriles is 1. The van der Waals surface area contributed by atoms with E-state index in [-0.39, 0.29) is 80.7 Å². The molecule has 6 heteroatoms. The van der Waals surface area contributed by atoms with Crippen LogP contribution in [0, 0.1) is 23.1 Å². The third-order valence-corrected chi connectivity index (χ3v) is 5.65. The molecule has 1 N–H and O–H groups in total. The summed E-state index contributed by atoms with van der Waals surface area (Å²) >= 11 is 0. The largest absolute Gasteiger partial charge is 1.00 e. The molecule has 0 radical (unpaired) electrons. The van der Waals surface area contributed by atoms with Gasteiger partial charge in [-0.05, 0) is 41.0 Å². The number of rotatable bonds is 5. The molecule has 0 saturated heterocycles. The molecule has 0 saturated carbocycles. The molecule has 1 aliphatic rings. The number of hydrogen-bond donors (Lipinski definition) is 1. The van der Waals surface area contributed by atoms with Crippen molar-refractivity contribution >= 4 is 17.2 Å². The number of amides is 1. The van der Waals surface area contributed by atoms with Gasteiger partial charge in [-0.2, -0.15) is 5.26 Å². The molecule has 2 unspecified atom stereocenters. The smallest absolute Gasteiger partial charge is 0.630 e. The maximum absolute atomic E-state index is 13.7. The monoisotopic (exact) mass is 557 g/mol. The zero-order valence-electron chi connectivity index (χ0n) is 18.9. The van der Waals surface area contributed by atoms with Crippen molar-refractivity contribution in [2.45, 2.75) is 25.4 Å². The van der Waals surface area contributed by atoms with E-state index in [1.807, 2.05) is 74.5 Å². The van der Waals surface area contributed by atoms with Crippen LogP contribution < -0.4 is 74.2 Å². The van der Waals surface area contributed by atoms with Gasteiger partial charge in [-0.25, -0.2) is 4.39 Å². The van der Waals surface area contributed by atoms with Crippen LogP contribution >= 0.6 is 0 Å². The van der Waals surface area contributed by atoms with Crippen molar-refractivity contribution in [3.8, 4) is 6.07 Å². The van der Waals surface area contributed by atoms with Gasteiger partial charge in [0.05, 0.1) is 6.07 Å². The van der Waals surface area contributed by atoms with Gasteiger partial charge in [-0.15, -0.1) is 6.04 Å². The summed E-state index contributed by atoms with van der Waals surface area (Å²) in [6.45, 7) is 3.95. The number of para-hydroxylation sites is 1. The molecule has 3 aromatic rings. The summed E-state index contributed by atoms with van der Waals surface area (Å²) in [5, 5.41) is 18.3. The van der Waals surface area contributed by atoms with Crippen molar-refractivity contribution in [3.05, 3.63) is 113 Å². The number of carbonyl (C=O) groups excluding carboxylic acids is 1. The number of hydrogen-bond acceptors (Lipinski definition) is 2.